The molecule has 7 heteroatoms. The van der Waals surface area contributed by atoms with E-state index in [2.05, 4.69) is 4.98 Å². The van der Waals surface area contributed by atoms with Gasteiger partial charge in [0.15, 0.2) is 0 Å². The van der Waals surface area contributed by atoms with Crippen molar-refractivity contribution in [3.05, 3.63) is 66.4 Å². The van der Waals surface area contributed by atoms with Crippen molar-refractivity contribution in [2.45, 2.75) is 12.7 Å². The van der Waals surface area contributed by atoms with Crippen LogP contribution in [-0.2, 0) is 6.54 Å². The molecule has 0 aliphatic rings. The van der Waals surface area contributed by atoms with Gasteiger partial charge in [-0.1, -0.05) is 24.3 Å². The zero-order valence-corrected chi connectivity index (χ0v) is 12.5. The normalized spacial score (nSPS) is 11.6. The van der Waals surface area contributed by atoms with E-state index in [1.807, 2.05) is 0 Å². The highest BCUT2D eigenvalue weighted by atomic mass is 19.4. The number of aromatic nitrogens is 1. The van der Waals surface area contributed by atoms with Gasteiger partial charge in [0.1, 0.15) is 18.0 Å². The zero-order valence-electron chi connectivity index (χ0n) is 12.5. The second-order valence-corrected chi connectivity index (χ2v) is 5.24. The lowest BCUT2D eigenvalue weighted by Crippen LogP contribution is -2.38. The Morgan fingerprint density at radius 3 is 2.62 bits per heavy atom. The summed E-state index contributed by atoms with van der Waals surface area (Å²) in [6.07, 6.45) is -1.76. The van der Waals surface area contributed by atoms with Gasteiger partial charge in [-0.15, -0.1) is 0 Å². The number of carbonyl (C=O) groups excluding carboxylic acids is 1. The zero-order chi connectivity index (χ0) is 17.2. The van der Waals surface area contributed by atoms with Crippen LogP contribution in [-0.4, -0.2) is 28.5 Å². The maximum atomic E-state index is 12.9. The average Bonchev–Trinajstić information content (AvgIpc) is 3.05. The van der Waals surface area contributed by atoms with Gasteiger partial charge in [-0.3, -0.25) is 9.78 Å². The van der Waals surface area contributed by atoms with Gasteiger partial charge in [0.2, 0.25) is 0 Å². The molecule has 24 heavy (non-hydrogen) atoms. The Bertz CT molecular complexity index is 839. The SMILES string of the molecule is O=C(c1nccc2ccccc12)N(Cc1ccco1)CC(F)(F)F. The molecular weight excluding hydrogens is 321 g/mol. The first kappa shape index (κ1) is 16.0. The van der Waals surface area contributed by atoms with Crippen LogP contribution in [0.1, 0.15) is 16.2 Å². The number of fused-ring (bicyclic) bond motifs is 1. The monoisotopic (exact) mass is 334 g/mol. The Morgan fingerprint density at radius 1 is 1.12 bits per heavy atom. The molecule has 0 saturated heterocycles. The maximum absolute atomic E-state index is 12.9. The summed E-state index contributed by atoms with van der Waals surface area (Å²) in [6, 6.07) is 11.7. The molecule has 0 spiro atoms. The quantitative estimate of drug-likeness (QED) is 0.724. The first-order valence-corrected chi connectivity index (χ1v) is 7.16. The minimum absolute atomic E-state index is 0.0103. The molecule has 4 nitrogen and oxygen atoms in total. The fourth-order valence-electron chi connectivity index (χ4n) is 2.45. The molecule has 2 heterocycles. The van der Waals surface area contributed by atoms with Crippen LogP contribution in [0.4, 0.5) is 13.2 Å². The summed E-state index contributed by atoms with van der Waals surface area (Å²) >= 11 is 0. The molecule has 124 valence electrons. The van der Waals surface area contributed by atoms with Gasteiger partial charge in [-0.25, -0.2) is 0 Å². The first-order valence-electron chi connectivity index (χ1n) is 7.16. The number of hydrogen-bond donors (Lipinski definition) is 0. The third kappa shape index (κ3) is 3.56. The number of amides is 1. The predicted octanol–water partition coefficient (Wildman–Crippen LogP) is 4.03. The maximum Gasteiger partial charge on any atom is 0.406 e. The highest BCUT2D eigenvalue weighted by Gasteiger charge is 2.34. The molecule has 2 aromatic heterocycles. The summed E-state index contributed by atoms with van der Waals surface area (Å²) < 4.78 is 43.7. The summed E-state index contributed by atoms with van der Waals surface area (Å²) in [7, 11) is 0. The molecule has 0 unspecified atom stereocenters. The molecular formula is C17H13F3N2O2. The van der Waals surface area contributed by atoms with E-state index in [0.29, 0.717) is 10.3 Å². The van der Waals surface area contributed by atoms with Crippen LogP contribution in [0, 0.1) is 0 Å². The molecule has 0 N–H and O–H groups in total. The number of pyridine rings is 1. The van der Waals surface area contributed by atoms with Crippen LogP contribution in [0.3, 0.4) is 0 Å². The van der Waals surface area contributed by atoms with E-state index in [4.69, 9.17) is 4.42 Å². The molecule has 0 saturated carbocycles. The lowest BCUT2D eigenvalue weighted by molar-refractivity contribution is -0.142. The van der Waals surface area contributed by atoms with E-state index < -0.39 is 18.6 Å². The molecule has 0 radical (unpaired) electrons. The minimum Gasteiger partial charge on any atom is -0.467 e. The number of rotatable bonds is 4. The van der Waals surface area contributed by atoms with Crippen LogP contribution in [0.2, 0.25) is 0 Å². The van der Waals surface area contributed by atoms with Gasteiger partial charge < -0.3 is 9.32 Å². The van der Waals surface area contributed by atoms with E-state index in [0.717, 1.165) is 5.39 Å². The summed E-state index contributed by atoms with van der Waals surface area (Å²) in [4.78, 5) is 17.4. The van der Waals surface area contributed by atoms with Crippen molar-refractivity contribution in [2.75, 3.05) is 6.54 Å². The van der Waals surface area contributed by atoms with Crippen molar-refractivity contribution in [2.24, 2.45) is 0 Å². The highest BCUT2D eigenvalue weighted by Crippen LogP contribution is 2.23. The third-order valence-electron chi connectivity index (χ3n) is 3.46. The van der Waals surface area contributed by atoms with Crippen molar-refractivity contribution in [3.63, 3.8) is 0 Å². The number of carbonyl (C=O) groups is 1. The van der Waals surface area contributed by atoms with E-state index in [1.54, 1.807) is 36.4 Å². The minimum atomic E-state index is -4.52. The van der Waals surface area contributed by atoms with Gasteiger partial charge in [0.25, 0.3) is 5.91 Å². The summed E-state index contributed by atoms with van der Waals surface area (Å²) in [5.41, 5.74) is -0.0103. The van der Waals surface area contributed by atoms with Crippen molar-refractivity contribution in [1.29, 1.82) is 0 Å². The van der Waals surface area contributed by atoms with Crippen molar-refractivity contribution >= 4 is 16.7 Å². The second kappa shape index (κ2) is 6.35. The van der Waals surface area contributed by atoms with Crippen LogP contribution >= 0.6 is 0 Å². The molecule has 1 aromatic carbocycles. The van der Waals surface area contributed by atoms with Gasteiger partial charge >= 0.3 is 6.18 Å². The van der Waals surface area contributed by atoms with Gasteiger partial charge in [0.05, 0.1) is 12.8 Å². The number of nitrogens with zero attached hydrogens (tertiary/aromatic N) is 2. The van der Waals surface area contributed by atoms with Crippen molar-refractivity contribution < 1.29 is 22.4 Å². The molecule has 3 aromatic rings. The topological polar surface area (TPSA) is 46.3 Å². The number of hydrogen-bond acceptors (Lipinski definition) is 3. The van der Waals surface area contributed by atoms with E-state index in [-0.39, 0.29) is 18.0 Å². The Kier molecular flexibility index (Phi) is 4.24. The summed E-state index contributed by atoms with van der Waals surface area (Å²) in [5.74, 6) is -0.520. The Labute approximate surface area is 135 Å². The molecule has 0 aliphatic heterocycles. The Hall–Kier alpha value is -2.83. The Balaban J connectivity index is 1.97. The average molecular weight is 334 g/mol. The third-order valence-corrected chi connectivity index (χ3v) is 3.46. The second-order valence-electron chi connectivity index (χ2n) is 5.24. The number of halogens is 3. The highest BCUT2D eigenvalue weighted by molar-refractivity contribution is 6.05. The largest absolute Gasteiger partial charge is 0.467 e. The smallest absolute Gasteiger partial charge is 0.406 e. The van der Waals surface area contributed by atoms with Crippen LogP contribution in [0.25, 0.3) is 10.8 Å². The van der Waals surface area contributed by atoms with E-state index in [1.165, 1.54) is 18.5 Å². The van der Waals surface area contributed by atoms with Crippen LogP contribution < -0.4 is 0 Å². The molecule has 3 rings (SSSR count). The summed E-state index contributed by atoms with van der Waals surface area (Å²) in [5, 5.41) is 1.25. The van der Waals surface area contributed by atoms with Gasteiger partial charge in [-0.05, 0) is 23.6 Å². The van der Waals surface area contributed by atoms with Gasteiger partial charge in [0, 0.05) is 11.6 Å². The van der Waals surface area contributed by atoms with Crippen LogP contribution in [0.15, 0.2) is 59.3 Å². The van der Waals surface area contributed by atoms with Crippen molar-refractivity contribution in [1.82, 2.24) is 9.88 Å². The molecule has 0 aliphatic carbocycles. The molecule has 0 fully saturated rings. The lowest BCUT2D eigenvalue weighted by atomic mass is 10.1. The predicted molar refractivity (Wildman–Crippen MR) is 81.2 cm³/mol. The first-order chi connectivity index (χ1) is 11.4. The van der Waals surface area contributed by atoms with Crippen LogP contribution in [0.5, 0.6) is 0 Å². The van der Waals surface area contributed by atoms with E-state index in [9.17, 15) is 18.0 Å². The Morgan fingerprint density at radius 2 is 1.92 bits per heavy atom. The lowest BCUT2D eigenvalue weighted by Gasteiger charge is -2.23. The van der Waals surface area contributed by atoms with Crippen molar-refractivity contribution in [3.8, 4) is 0 Å². The molecule has 1 amide bonds. The number of furan rings is 1. The number of benzene rings is 1. The van der Waals surface area contributed by atoms with E-state index >= 15 is 0 Å². The standard InChI is InChI=1S/C17H13F3N2O2/c18-17(19,20)11-22(10-13-5-3-9-24-13)16(23)15-14-6-2-1-4-12(14)7-8-21-15/h1-9H,10-11H2. The molecule has 0 bridgehead atoms. The molecule has 0 atom stereocenters. The fraction of sp³-hybridized carbons (Fsp3) is 0.176. The summed E-state index contributed by atoms with van der Waals surface area (Å²) in [6.45, 7) is -1.66. The van der Waals surface area contributed by atoms with Gasteiger partial charge in [-0.2, -0.15) is 13.2 Å². The fourth-order valence-corrected chi connectivity index (χ4v) is 2.45. The number of alkyl halides is 3.